The number of aryl methyl sites for hydroxylation is 2. The van der Waals surface area contributed by atoms with Gasteiger partial charge in [-0.2, -0.15) is 18.3 Å². The van der Waals surface area contributed by atoms with E-state index in [0.29, 0.717) is 11.4 Å². The molecule has 2 N–H and O–H groups in total. The van der Waals surface area contributed by atoms with E-state index in [-0.39, 0.29) is 29.8 Å². The lowest BCUT2D eigenvalue weighted by Crippen LogP contribution is -2.15. The van der Waals surface area contributed by atoms with Crippen LogP contribution in [0.5, 0.6) is 0 Å². The number of hydrogen-bond donors (Lipinski definition) is 2. The number of alkyl halides is 3. The van der Waals surface area contributed by atoms with Crippen LogP contribution in [0, 0.1) is 13.8 Å². The maximum atomic E-state index is 13.3. The Hall–Kier alpha value is -3.99. The van der Waals surface area contributed by atoms with Crippen molar-refractivity contribution in [3.63, 3.8) is 0 Å². The van der Waals surface area contributed by atoms with Crippen molar-refractivity contribution in [3.05, 3.63) is 76.7 Å². The van der Waals surface area contributed by atoms with Crippen LogP contribution in [0.2, 0.25) is 0 Å². The number of aliphatic hydroxyl groups is 1. The first kappa shape index (κ1) is 24.1. The predicted octanol–water partition coefficient (Wildman–Crippen LogP) is 4.09. The average molecular weight is 484 g/mol. The molecule has 4 rings (SSSR count). The zero-order valence-corrected chi connectivity index (χ0v) is 19.3. The largest absolute Gasteiger partial charge is 0.416 e. The van der Waals surface area contributed by atoms with E-state index in [9.17, 15) is 18.0 Å². The first-order valence-electron chi connectivity index (χ1n) is 10.7. The molecule has 0 saturated heterocycles. The second-order valence-corrected chi connectivity index (χ2v) is 8.16. The highest BCUT2D eigenvalue weighted by Crippen LogP contribution is 2.32. The molecule has 35 heavy (non-hydrogen) atoms. The molecule has 0 aliphatic rings. The molecule has 4 aromatic rings. The summed E-state index contributed by atoms with van der Waals surface area (Å²) in [5, 5.41) is 24.3. The minimum absolute atomic E-state index is 0.00880. The predicted molar refractivity (Wildman–Crippen MR) is 123 cm³/mol. The van der Waals surface area contributed by atoms with Crippen molar-refractivity contribution < 1.29 is 23.1 Å². The second-order valence-electron chi connectivity index (χ2n) is 8.16. The Balaban J connectivity index is 1.63. The molecule has 0 aliphatic carbocycles. The summed E-state index contributed by atoms with van der Waals surface area (Å²) in [5.41, 5.74) is 3.38. The van der Waals surface area contributed by atoms with Crippen LogP contribution in [0.25, 0.3) is 16.9 Å². The van der Waals surface area contributed by atoms with Crippen molar-refractivity contribution in [2.75, 3.05) is 11.9 Å². The highest BCUT2D eigenvalue weighted by Gasteiger charge is 2.31. The van der Waals surface area contributed by atoms with Crippen LogP contribution in [-0.2, 0) is 19.6 Å². The summed E-state index contributed by atoms with van der Waals surface area (Å²) in [6.07, 6.45) is -1.13. The monoisotopic (exact) mass is 484 g/mol. The standard InChI is InChI=1S/C24H23F3N6O2/c1-14-4-5-17(10-22(14)33-13-21(30-31-33)20-12-28-32(3)15(20)2)23(35)29-19-9-16(6-7-34)8-18(11-19)24(25,26)27/h4-5,8-13,34H,6-7H2,1-3H3,(H,29,35). The van der Waals surface area contributed by atoms with E-state index in [1.165, 1.54) is 10.7 Å². The van der Waals surface area contributed by atoms with Gasteiger partial charge in [0.05, 0.1) is 23.6 Å². The Kier molecular flexibility index (Phi) is 6.44. The number of benzene rings is 2. The summed E-state index contributed by atoms with van der Waals surface area (Å²) < 4.78 is 43.1. The van der Waals surface area contributed by atoms with Gasteiger partial charge < -0.3 is 10.4 Å². The van der Waals surface area contributed by atoms with Crippen molar-refractivity contribution in [1.29, 1.82) is 0 Å². The van der Waals surface area contributed by atoms with Gasteiger partial charge in [0.2, 0.25) is 0 Å². The summed E-state index contributed by atoms with van der Waals surface area (Å²) >= 11 is 0. The summed E-state index contributed by atoms with van der Waals surface area (Å²) in [6, 6.07) is 8.15. The SMILES string of the molecule is Cc1ccc(C(=O)Nc2cc(CCO)cc(C(F)(F)F)c2)cc1-n1cc(-c2cnn(C)c2C)nn1. The van der Waals surface area contributed by atoms with Gasteiger partial charge in [-0.3, -0.25) is 9.48 Å². The van der Waals surface area contributed by atoms with Gasteiger partial charge in [0.15, 0.2) is 0 Å². The minimum Gasteiger partial charge on any atom is -0.396 e. The van der Waals surface area contributed by atoms with Crippen LogP contribution in [0.4, 0.5) is 18.9 Å². The molecule has 0 unspecified atom stereocenters. The first-order chi connectivity index (χ1) is 16.6. The Morgan fingerprint density at radius 2 is 1.91 bits per heavy atom. The smallest absolute Gasteiger partial charge is 0.396 e. The zero-order chi connectivity index (χ0) is 25.3. The van der Waals surface area contributed by atoms with Crippen molar-refractivity contribution in [1.82, 2.24) is 24.8 Å². The van der Waals surface area contributed by atoms with Crippen LogP contribution < -0.4 is 5.32 Å². The summed E-state index contributed by atoms with van der Waals surface area (Å²) in [6.45, 7) is 3.45. The first-order valence-corrected chi connectivity index (χ1v) is 10.7. The summed E-state index contributed by atoms with van der Waals surface area (Å²) in [7, 11) is 1.83. The lowest BCUT2D eigenvalue weighted by molar-refractivity contribution is -0.137. The number of anilines is 1. The molecule has 1 amide bonds. The number of aromatic nitrogens is 5. The number of nitrogens with zero attached hydrogens (tertiary/aromatic N) is 5. The maximum absolute atomic E-state index is 13.3. The van der Waals surface area contributed by atoms with Crippen molar-refractivity contribution in [2.45, 2.75) is 26.4 Å². The molecule has 0 aliphatic heterocycles. The molecular weight excluding hydrogens is 461 g/mol. The van der Waals surface area contributed by atoms with Gasteiger partial charge in [0.25, 0.3) is 5.91 Å². The number of carbonyl (C=O) groups is 1. The quantitative estimate of drug-likeness (QED) is 0.430. The number of halogens is 3. The van der Waals surface area contributed by atoms with Gasteiger partial charge in [-0.05, 0) is 61.7 Å². The molecule has 11 heteroatoms. The topological polar surface area (TPSA) is 97.9 Å². The molecule has 0 radical (unpaired) electrons. The summed E-state index contributed by atoms with van der Waals surface area (Å²) in [4.78, 5) is 12.9. The van der Waals surface area contributed by atoms with Crippen molar-refractivity contribution >= 4 is 11.6 Å². The van der Waals surface area contributed by atoms with Crippen LogP contribution in [-0.4, -0.2) is 42.4 Å². The Morgan fingerprint density at radius 1 is 1.14 bits per heavy atom. The molecule has 2 aromatic carbocycles. The minimum atomic E-state index is -4.58. The Morgan fingerprint density at radius 3 is 2.57 bits per heavy atom. The lowest BCUT2D eigenvalue weighted by atomic mass is 10.1. The third kappa shape index (κ3) is 5.09. The number of aliphatic hydroxyl groups excluding tert-OH is 1. The molecule has 0 atom stereocenters. The van der Waals surface area contributed by atoms with Crippen molar-refractivity contribution in [2.24, 2.45) is 7.05 Å². The zero-order valence-electron chi connectivity index (χ0n) is 19.3. The van der Waals surface area contributed by atoms with Crippen LogP contribution in [0.15, 0.2) is 48.8 Å². The van der Waals surface area contributed by atoms with E-state index in [2.05, 4.69) is 20.7 Å². The van der Waals surface area contributed by atoms with E-state index in [0.717, 1.165) is 29.0 Å². The van der Waals surface area contributed by atoms with E-state index in [1.54, 1.807) is 35.3 Å². The van der Waals surface area contributed by atoms with E-state index in [4.69, 9.17) is 5.11 Å². The fourth-order valence-electron chi connectivity index (χ4n) is 3.66. The number of hydrogen-bond acceptors (Lipinski definition) is 5. The highest BCUT2D eigenvalue weighted by molar-refractivity contribution is 6.04. The number of amides is 1. The van der Waals surface area contributed by atoms with Crippen LogP contribution in [0.1, 0.15) is 32.7 Å². The van der Waals surface area contributed by atoms with Crippen LogP contribution >= 0.6 is 0 Å². The van der Waals surface area contributed by atoms with Gasteiger partial charge in [-0.1, -0.05) is 11.3 Å². The van der Waals surface area contributed by atoms with Crippen molar-refractivity contribution in [3.8, 4) is 16.9 Å². The fourth-order valence-corrected chi connectivity index (χ4v) is 3.66. The number of carbonyl (C=O) groups excluding carboxylic acids is 1. The van der Waals surface area contributed by atoms with Gasteiger partial charge in [-0.15, -0.1) is 5.10 Å². The second kappa shape index (κ2) is 9.34. The summed E-state index contributed by atoms with van der Waals surface area (Å²) in [5.74, 6) is -0.580. The molecule has 2 aromatic heterocycles. The Bertz CT molecular complexity index is 1390. The average Bonchev–Trinajstić information content (AvgIpc) is 3.40. The highest BCUT2D eigenvalue weighted by atomic mass is 19.4. The molecule has 182 valence electrons. The van der Waals surface area contributed by atoms with E-state index < -0.39 is 17.6 Å². The van der Waals surface area contributed by atoms with Gasteiger partial charge in [0, 0.05) is 36.2 Å². The molecule has 8 nitrogen and oxygen atoms in total. The van der Waals surface area contributed by atoms with Gasteiger partial charge in [-0.25, -0.2) is 4.68 Å². The molecule has 2 heterocycles. The number of nitrogens with one attached hydrogen (secondary N) is 1. The van der Waals surface area contributed by atoms with Crippen LogP contribution in [0.3, 0.4) is 0 Å². The molecule has 0 saturated carbocycles. The third-order valence-electron chi connectivity index (χ3n) is 5.70. The third-order valence-corrected chi connectivity index (χ3v) is 5.70. The molecule has 0 spiro atoms. The lowest BCUT2D eigenvalue weighted by Gasteiger charge is -2.13. The molecule has 0 bridgehead atoms. The van der Waals surface area contributed by atoms with E-state index >= 15 is 0 Å². The van der Waals surface area contributed by atoms with E-state index in [1.807, 2.05) is 20.9 Å². The maximum Gasteiger partial charge on any atom is 0.416 e. The van der Waals surface area contributed by atoms with Gasteiger partial charge >= 0.3 is 6.18 Å². The van der Waals surface area contributed by atoms with Gasteiger partial charge in [0.1, 0.15) is 5.69 Å². The number of rotatable bonds is 6. The normalized spacial score (nSPS) is 11.6. The molecular formula is C24H23F3N6O2. The Labute approximate surface area is 199 Å². The fraction of sp³-hybridized carbons (Fsp3) is 0.250. The molecule has 0 fully saturated rings.